The van der Waals surface area contributed by atoms with Gasteiger partial charge in [-0.3, -0.25) is 14.9 Å². The number of carbonyl (C=O) groups is 1. The number of non-ortho nitro benzene ring substituents is 1. The summed E-state index contributed by atoms with van der Waals surface area (Å²) in [5.41, 5.74) is 0.579. The number of piperidine rings is 1. The summed E-state index contributed by atoms with van der Waals surface area (Å²) in [5.74, 6) is 1.49. The molecule has 0 aliphatic carbocycles. The Labute approximate surface area is 194 Å². The number of nitro benzene ring substituents is 1. The average Bonchev–Trinajstić information content (AvgIpc) is 3.16. The largest absolute Gasteiger partial charge is 0.305 e. The fourth-order valence-electron chi connectivity index (χ4n) is 3.79. The maximum atomic E-state index is 13.0. The van der Waals surface area contributed by atoms with Gasteiger partial charge in [0.05, 0.1) is 32.5 Å². The molecule has 1 aromatic heterocycles. The SMILES string of the molecule is C#CCn1c(=NC(=O)C2CCCN(S(=O)(=O)c3ccccc3)C2)sc2cc([N+](=O)[O-])ccc21. The van der Waals surface area contributed by atoms with Gasteiger partial charge in [0.15, 0.2) is 4.80 Å². The van der Waals surface area contributed by atoms with E-state index in [9.17, 15) is 23.3 Å². The molecule has 1 unspecified atom stereocenters. The van der Waals surface area contributed by atoms with E-state index in [1.54, 1.807) is 28.8 Å². The van der Waals surface area contributed by atoms with E-state index in [0.29, 0.717) is 34.4 Å². The predicted molar refractivity (Wildman–Crippen MR) is 124 cm³/mol. The van der Waals surface area contributed by atoms with Gasteiger partial charge in [-0.1, -0.05) is 35.5 Å². The van der Waals surface area contributed by atoms with Crippen molar-refractivity contribution in [2.24, 2.45) is 10.9 Å². The predicted octanol–water partition coefficient (Wildman–Crippen LogP) is 2.77. The summed E-state index contributed by atoms with van der Waals surface area (Å²) in [6.45, 7) is 0.527. The molecule has 170 valence electrons. The maximum Gasteiger partial charge on any atom is 0.270 e. The summed E-state index contributed by atoms with van der Waals surface area (Å²) in [7, 11) is -3.71. The maximum absolute atomic E-state index is 13.0. The lowest BCUT2D eigenvalue weighted by Gasteiger charge is -2.30. The van der Waals surface area contributed by atoms with E-state index in [-0.39, 0.29) is 23.7 Å². The Balaban J connectivity index is 1.65. The van der Waals surface area contributed by atoms with Gasteiger partial charge in [-0.05, 0) is 31.0 Å². The summed E-state index contributed by atoms with van der Waals surface area (Å²) in [6, 6.07) is 12.5. The molecule has 2 aromatic carbocycles. The van der Waals surface area contributed by atoms with Crippen LogP contribution in [0.2, 0.25) is 0 Å². The van der Waals surface area contributed by atoms with E-state index in [4.69, 9.17) is 6.42 Å². The van der Waals surface area contributed by atoms with Gasteiger partial charge in [0.1, 0.15) is 0 Å². The summed E-state index contributed by atoms with van der Waals surface area (Å²) in [6.07, 6.45) is 6.54. The first-order chi connectivity index (χ1) is 15.8. The number of nitro groups is 1. The number of sulfonamides is 1. The van der Waals surface area contributed by atoms with Crippen LogP contribution in [-0.4, -0.2) is 41.2 Å². The van der Waals surface area contributed by atoms with E-state index >= 15 is 0 Å². The Bertz CT molecular complexity index is 1430. The highest BCUT2D eigenvalue weighted by Crippen LogP contribution is 2.26. The number of carbonyl (C=O) groups excluding carboxylic acids is 1. The molecule has 0 radical (unpaired) electrons. The number of benzene rings is 2. The van der Waals surface area contributed by atoms with Gasteiger partial charge in [-0.15, -0.1) is 6.42 Å². The summed E-state index contributed by atoms with van der Waals surface area (Å²) in [5, 5.41) is 11.1. The summed E-state index contributed by atoms with van der Waals surface area (Å²) >= 11 is 1.13. The van der Waals surface area contributed by atoms with Gasteiger partial charge >= 0.3 is 0 Å². The number of fused-ring (bicyclic) bond motifs is 1. The molecule has 0 spiro atoms. The number of aromatic nitrogens is 1. The van der Waals surface area contributed by atoms with Crippen LogP contribution < -0.4 is 4.80 Å². The fraction of sp³-hybridized carbons (Fsp3) is 0.273. The van der Waals surface area contributed by atoms with Crippen molar-refractivity contribution in [3.8, 4) is 12.3 Å². The van der Waals surface area contributed by atoms with Crippen molar-refractivity contribution in [2.75, 3.05) is 13.1 Å². The number of hydrogen-bond donors (Lipinski definition) is 0. The first-order valence-electron chi connectivity index (χ1n) is 10.2. The van der Waals surface area contributed by atoms with Crippen LogP contribution in [0.15, 0.2) is 58.4 Å². The van der Waals surface area contributed by atoms with E-state index < -0.39 is 26.8 Å². The van der Waals surface area contributed by atoms with E-state index in [1.165, 1.54) is 28.6 Å². The van der Waals surface area contributed by atoms with Gasteiger partial charge in [-0.25, -0.2) is 8.42 Å². The van der Waals surface area contributed by atoms with Crippen LogP contribution in [0, 0.1) is 28.4 Å². The minimum atomic E-state index is -3.71. The highest BCUT2D eigenvalue weighted by Gasteiger charge is 2.33. The zero-order chi connectivity index (χ0) is 23.6. The number of rotatable bonds is 5. The number of thiazole rings is 1. The molecule has 0 N–H and O–H groups in total. The zero-order valence-corrected chi connectivity index (χ0v) is 19.1. The topological polar surface area (TPSA) is 115 Å². The van der Waals surface area contributed by atoms with Crippen molar-refractivity contribution in [3.05, 3.63) is 63.4 Å². The first kappa shape index (κ1) is 22.8. The number of amides is 1. The first-order valence-corrected chi connectivity index (χ1v) is 12.4. The lowest BCUT2D eigenvalue weighted by molar-refractivity contribution is -0.384. The van der Waals surface area contributed by atoms with Crippen molar-refractivity contribution in [1.82, 2.24) is 8.87 Å². The second-order valence-corrected chi connectivity index (χ2v) is 10.5. The van der Waals surface area contributed by atoms with Crippen LogP contribution in [0.3, 0.4) is 0 Å². The van der Waals surface area contributed by atoms with Crippen LogP contribution in [0.1, 0.15) is 12.8 Å². The quantitative estimate of drug-likeness (QED) is 0.314. The smallest absolute Gasteiger partial charge is 0.270 e. The van der Waals surface area contributed by atoms with Gasteiger partial charge in [0.25, 0.3) is 11.6 Å². The van der Waals surface area contributed by atoms with Crippen molar-refractivity contribution >= 4 is 43.2 Å². The van der Waals surface area contributed by atoms with E-state index in [0.717, 1.165) is 11.3 Å². The molecule has 11 heteroatoms. The van der Waals surface area contributed by atoms with Crippen LogP contribution in [0.4, 0.5) is 5.69 Å². The number of hydrogen-bond acceptors (Lipinski definition) is 6. The molecule has 0 saturated carbocycles. The van der Waals surface area contributed by atoms with E-state index in [1.807, 2.05) is 0 Å². The number of nitrogens with zero attached hydrogens (tertiary/aromatic N) is 4. The van der Waals surface area contributed by atoms with Crippen molar-refractivity contribution in [3.63, 3.8) is 0 Å². The lowest BCUT2D eigenvalue weighted by atomic mass is 9.99. The molecule has 2 heterocycles. The molecule has 0 bridgehead atoms. The molecule has 1 aliphatic rings. The highest BCUT2D eigenvalue weighted by atomic mass is 32.2. The lowest BCUT2D eigenvalue weighted by Crippen LogP contribution is -2.42. The molecule has 1 aliphatic heterocycles. The minimum Gasteiger partial charge on any atom is -0.305 e. The van der Waals surface area contributed by atoms with Crippen molar-refractivity contribution in [2.45, 2.75) is 24.3 Å². The molecular weight excluding hydrogens is 464 g/mol. The Morgan fingerprint density at radius 2 is 2.03 bits per heavy atom. The standard InChI is InChI=1S/C22H20N4O5S2/c1-2-12-25-19-11-10-17(26(28)29)14-20(19)32-22(25)23-21(27)16-7-6-13-24(15-16)33(30,31)18-8-4-3-5-9-18/h1,3-5,8-11,14,16H,6-7,12-13,15H2. The van der Waals surface area contributed by atoms with Crippen LogP contribution >= 0.6 is 11.3 Å². The van der Waals surface area contributed by atoms with Crippen LogP contribution in [0.5, 0.6) is 0 Å². The van der Waals surface area contributed by atoms with Gasteiger partial charge in [0.2, 0.25) is 10.0 Å². The van der Waals surface area contributed by atoms with Crippen LogP contribution in [-0.2, 0) is 21.4 Å². The van der Waals surface area contributed by atoms with Gasteiger partial charge in [-0.2, -0.15) is 9.30 Å². The number of terminal acetylenes is 1. The molecular formula is C22H20N4O5S2. The summed E-state index contributed by atoms with van der Waals surface area (Å²) < 4.78 is 29.5. The van der Waals surface area contributed by atoms with Crippen molar-refractivity contribution in [1.29, 1.82) is 0 Å². The molecule has 1 atom stereocenters. The zero-order valence-electron chi connectivity index (χ0n) is 17.5. The van der Waals surface area contributed by atoms with Crippen LogP contribution in [0.25, 0.3) is 10.2 Å². The molecule has 4 rings (SSSR count). The van der Waals surface area contributed by atoms with Crippen molar-refractivity contribution < 1.29 is 18.1 Å². The monoisotopic (exact) mass is 484 g/mol. The van der Waals surface area contributed by atoms with Gasteiger partial charge < -0.3 is 4.57 Å². The molecule has 9 nitrogen and oxygen atoms in total. The normalized spacial score (nSPS) is 17.7. The third-order valence-corrected chi connectivity index (χ3v) is 8.37. The molecule has 33 heavy (non-hydrogen) atoms. The Hall–Kier alpha value is -3.33. The average molecular weight is 485 g/mol. The Morgan fingerprint density at radius 3 is 2.73 bits per heavy atom. The molecule has 3 aromatic rings. The Morgan fingerprint density at radius 1 is 1.27 bits per heavy atom. The third-order valence-electron chi connectivity index (χ3n) is 5.45. The highest BCUT2D eigenvalue weighted by molar-refractivity contribution is 7.89. The molecule has 1 amide bonds. The molecule has 1 fully saturated rings. The van der Waals surface area contributed by atoms with Gasteiger partial charge in [0, 0.05) is 25.2 Å². The molecule has 1 saturated heterocycles. The minimum absolute atomic E-state index is 0.0467. The second-order valence-electron chi connectivity index (χ2n) is 7.55. The van der Waals surface area contributed by atoms with E-state index in [2.05, 4.69) is 10.9 Å². The third kappa shape index (κ3) is 4.59. The second kappa shape index (κ2) is 9.27. The Kier molecular flexibility index (Phi) is 6.42. The summed E-state index contributed by atoms with van der Waals surface area (Å²) in [4.78, 5) is 28.4. The fourth-order valence-corrected chi connectivity index (χ4v) is 6.41.